The molecule has 3 atom stereocenters. The van der Waals surface area contributed by atoms with Crippen LogP contribution in [0.2, 0.25) is 0 Å². The van der Waals surface area contributed by atoms with Crippen LogP contribution in [0.5, 0.6) is 0 Å². The Morgan fingerprint density at radius 1 is 1.27 bits per heavy atom. The molecule has 1 aliphatic heterocycles. The molecule has 22 heavy (non-hydrogen) atoms. The summed E-state index contributed by atoms with van der Waals surface area (Å²) in [5, 5.41) is 9.72. The molecule has 2 rings (SSSR count). The van der Waals surface area contributed by atoms with Gasteiger partial charge in [-0.15, -0.1) is 0 Å². The average molecular weight is 307 g/mol. The predicted molar refractivity (Wildman–Crippen MR) is 88.5 cm³/mol. The van der Waals surface area contributed by atoms with Crippen molar-refractivity contribution in [2.75, 3.05) is 13.1 Å². The van der Waals surface area contributed by atoms with Crippen molar-refractivity contribution in [3.05, 3.63) is 35.9 Å². The van der Waals surface area contributed by atoms with E-state index in [0.717, 1.165) is 13.1 Å². The third-order valence-electron chi connectivity index (χ3n) is 3.83. The van der Waals surface area contributed by atoms with E-state index in [1.807, 2.05) is 26.8 Å². The van der Waals surface area contributed by atoms with Crippen LogP contribution >= 0.6 is 0 Å². The van der Waals surface area contributed by atoms with Gasteiger partial charge in [-0.05, 0) is 39.2 Å². The number of carbonyl (C=O) groups is 1. The molecule has 4 nitrogen and oxygen atoms in total. The molecule has 0 aromatic heterocycles. The first kappa shape index (κ1) is 18.7. The number of rotatable bonds is 3. The third-order valence-corrected chi connectivity index (χ3v) is 3.83. The topological polar surface area (TPSA) is 49.8 Å². The van der Waals surface area contributed by atoms with Crippen molar-refractivity contribution in [3.8, 4) is 0 Å². The molecule has 1 fully saturated rings. The van der Waals surface area contributed by atoms with Crippen molar-refractivity contribution < 1.29 is 14.6 Å². The molecule has 1 aliphatic rings. The van der Waals surface area contributed by atoms with Crippen LogP contribution in [0.1, 0.15) is 46.2 Å². The van der Waals surface area contributed by atoms with Gasteiger partial charge in [0.05, 0.1) is 6.10 Å². The molecule has 3 unspecified atom stereocenters. The maximum Gasteiger partial charge on any atom is 0.293 e. The highest BCUT2D eigenvalue weighted by Gasteiger charge is 2.30. The van der Waals surface area contributed by atoms with E-state index < -0.39 is 0 Å². The largest absolute Gasteiger partial charge is 0.462 e. The van der Waals surface area contributed by atoms with Crippen LogP contribution in [-0.4, -0.2) is 41.3 Å². The van der Waals surface area contributed by atoms with Gasteiger partial charge in [0.15, 0.2) is 0 Å². The monoisotopic (exact) mass is 307 g/mol. The van der Waals surface area contributed by atoms with Crippen molar-refractivity contribution in [2.45, 2.75) is 52.4 Å². The van der Waals surface area contributed by atoms with E-state index in [1.165, 1.54) is 5.56 Å². The van der Waals surface area contributed by atoms with E-state index in [9.17, 15) is 9.90 Å². The number of aliphatic hydroxyl groups is 1. The summed E-state index contributed by atoms with van der Waals surface area (Å²) in [6.07, 6.45) is -0.156. The number of nitrogens with zero attached hydrogens (tertiary/aromatic N) is 1. The zero-order valence-electron chi connectivity index (χ0n) is 14.3. The van der Waals surface area contributed by atoms with E-state index in [2.05, 4.69) is 47.7 Å². The summed E-state index contributed by atoms with van der Waals surface area (Å²) < 4.78 is 4.55. The minimum atomic E-state index is -0.318. The highest BCUT2D eigenvalue weighted by atomic mass is 16.5. The lowest BCUT2D eigenvalue weighted by molar-refractivity contribution is -0.138. The molecular formula is C18H29NO3. The lowest BCUT2D eigenvalue weighted by Crippen LogP contribution is -2.25. The maximum absolute atomic E-state index is 9.72. The number of aliphatic hydroxyl groups excluding tert-OH is 1. The van der Waals surface area contributed by atoms with E-state index in [4.69, 9.17) is 0 Å². The molecule has 1 heterocycles. The molecule has 1 saturated heterocycles. The number of benzene rings is 1. The summed E-state index contributed by atoms with van der Waals surface area (Å²) in [5.41, 5.74) is 1.01. The minimum absolute atomic E-state index is 0.156. The Bertz CT molecular complexity index is 431. The van der Waals surface area contributed by atoms with Gasteiger partial charge in [0.1, 0.15) is 5.60 Å². The van der Waals surface area contributed by atoms with Gasteiger partial charge in [0.25, 0.3) is 6.47 Å². The fourth-order valence-electron chi connectivity index (χ4n) is 2.39. The summed E-state index contributed by atoms with van der Waals surface area (Å²) in [6.45, 7) is 12.0. The summed E-state index contributed by atoms with van der Waals surface area (Å²) >= 11 is 0. The molecule has 1 aromatic rings. The van der Waals surface area contributed by atoms with Crippen LogP contribution in [0.15, 0.2) is 30.3 Å². The number of ether oxygens (including phenoxy) is 1. The second-order valence-corrected chi connectivity index (χ2v) is 6.91. The quantitative estimate of drug-likeness (QED) is 0.872. The van der Waals surface area contributed by atoms with Crippen molar-refractivity contribution >= 4 is 6.47 Å². The van der Waals surface area contributed by atoms with Crippen molar-refractivity contribution in [1.29, 1.82) is 0 Å². The molecule has 0 amide bonds. The van der Waals surface area contributed by atoms with Gasteiger partial charge in [-0.25, -0.2) is 0 Å². The van der Waals surface area contributed by atoms with Gasteiger partial charge >= 0.3 is 0 Å². The van der Waals surface area contributed by atoms with Crippen LogP contribution in [0, 0.1) is 5.92 Å². The fraction of sp³-hybridized carbons (Fsp3) is 0.611. The minimum Gasteiger partial charge on any atom is -0.462 e. The predicted octanol–water partition coefficient (Wildman–Crippen LogP) is 3.02. The van der Waals surface area contributed by atoms with Crippen molar-refractivity contribution in [2.24, 2.45) is 5.92 Å². The number of likely N-dealkylation sites (tertiary alicyclic amines) is 1. The highest BCUT2D eigenvalue weighted by Crippen LogP contribution is 2.26. The van der Waals surface area contributed by atoms with Gasteiger partial charge < -0.3 is 9.84 Å². The normalized spacial score (nSPS) is 23.4. The first-order valence-electron chi connectivity index (χ1n) is 7.83. The lowest BCUT2D eigenvalue weighted by Gasteiger charge is -2.24. The average Bonchev–Trinajstić information content (AvgIpc) is 2.78. The van der Waals surface area contributed by atoms with Crippen molar-refractivity contribution in [1.82, 2.24) is 4.90 Å². The van der Waals surface area contributed by atoms with Crippen LogP contribution in [0.25, 0.3) is 0 Å². The van der Waals surface area contributed by atoms with Gasteiger partial charge in [-0.1, -0.05) is 37.3 Å². The Balaban J connectivity index is 0.000000295. The van der Waals surface area contributed by atoms with Gasteiger partial charge in [-0.2, -0.15) is 0 Å². The maximum atomic E-state index is 9.72. The standard InChI is InChI=1S/C13H19NO.C5H10O2/c1-10-8-14(9-13(10)15)11(2)12-6-4-3-5-7-12;1-5(2,3)7-4-6/h3-7,10-11,13,15H,8-9H2,1-2H3;4H,1-3H3. The first-order valence-corrected chi connectivity index (χ1v) is 7.83. The summed E-state index contributed by atoms with van der Waals surface area (Å²) in [5.74, 6) is 0.399. The molecule has 0 saturated carbocycles. The van der Waals surface area contributed by atoms with Gasteiger partial charge in [0, 0.05) is 19.1 Å². The van der Waals surface area contributed by atoms with E-state index >= 15 is 0 Å². The molecule has 0 bridgehead atoms. The van der Waals surface area contributed by atoms with Gasteiger partial charge in [-0.3, -0.25) is 9.69 Å². The molecule has 1 aromatic carbocycles. The Morgan fingerprint density at radius 2 is 1.86 bits per heavy atom. The lowest BCUT2D eigenvalue weighted by atomic mass is 10.1. The molecular weight excluding hydrogens is 278 g/mol. The van der Waals surface area contributed by atoms with E-state index in [1.54, 1.807) is 0 Å². The SMILES string of the molecule is CC(C)(C)OC=O.CC1CN(C(C)c2ccccc2)CC1O. The number of hydrogen-bond donors (Lipinski definition) is 1. The third kappa shape index (κ3) is 6.16. The molecule has 124 valence electrons. The van der Waals surface area contributed by atoms with E-state index in [-0.39, 0.29) is 11.7 Å². The first-order chi connectivity index (χ1) is 10.2. The number of hydrogen-bond acceptors (Lipinski definition) is 4. The summed E-state index contributed by atoms with van der Waals surface area (Å²) in [6, 6.07) is 10.9. The van der Waals surface area contributed by atoms with Crippen molar-refractivity contribution in [3.63, 3.8) is 0 Å². The molecule has 1 N–H and O–H groups in total. The molecule has 0 aliphatic carbocycles. The zero-order valence-corrected chi connectivity index (χ0v) is 14.3. The van der Waals surface area contributed by atoms with Crippen LogP contribution in [-0.2, 0) is 9.53 Å². The number of β-amino-alcohol motifs (C(OH)–C–C–N with tert-alkyl or cyclic N) is 1. The molecule has 0 radical (unpaired) electrons. The summed E-state index contributed by atoms with van der Waals surface area (Å²) in [7, 11) is 0. The van der Waals surface area contributed by atoms with E-state index in [0.29, 0.717) is 18.4 Å². The Kier molecular flexibility index (Phi) is 7.04. The molecule has 4 heteroatoms. The Labute approximate surface area is 134 Å². The van der Waals surface area contributed by atoms with Crippen LogP contribution in [0.4, 0.5) is 0 Å². The second kappa shape index (κ2) is 8.30. The Hall–Kier alpha value is -1.39. The molecule has 0 spiro atoms. The Morgan fingerprint density at radius 3 is 2.23 bits per heavy atom. The fourth-order valence-corrected chi connectivity index (χ4v) is 2.39. The van der Waals surface area contributed by atoms with Gasteiger partial charge in [0.2, 0.25) is 0 Å². The highest BCUT2D eigenvalue weighted by molar-refractivity contribution is 5.37. The number of carbonyl (C=O) groups excluding carboxylic acids is 1. The second-order valence-electron chi connectivity index (χ2n) is 6.91. The zero-order chi connectivity index (χ0) is 16.8. The van der Waals surface area contributed by atoms with Crippen LogP contribution in [0.3, 0.4) is 0 Å². The van der Waals surface area contributed by atoms with Crippen LogP contribution < -0.4 is 0 Å². The smallest absolute Gasteiger partial charge is 0.293 e. The summed E-state index contributed by atoms with van der Waals surface area (Å²) in [4.78, 5) is 12.0.